The van der Waals surface area contributed by atoms with Crippen LogP contribution in [0.3, 0.4) is 0 Å². The molecular weight excluding hydrogens is 634 g/mol. The Morgan fingerprint density at radius 2 is 0.957 bits per heavy atom. The minimum atomic E-state index is -3.36. The van der Waals surface area contributed by atoms with Gasteiger partial charge in [-0.15, -0.1) is 0 Å². The molecule has 0 radical (unpaired) electrons. The second-order valence-electron chi connectivity index (χ2n) is 20.3. The van der Waals surface area contributed by atoms with Gasteiger partial charge in [0.05, 0.1) is 0 Å². The van der Waals surface area contributed by atoms with Gasteiger partial charge in [-0.2, -0.15) is 0 Å². The van der Waals surface area contributed by atoms with Gasteiger partial charge in [-0.25, -0.2) is 0 Å². The monoisotopic (exact) mass is 705 g/mol. The van der Waals surface area contributed by atoms with Gasteiger partial charge >= 0.3 is 292 Å². The molecule has 0 saturated carbocycles. The van der Waals surface area contributed by atoms with Crippen molar-refractivity contribution >= 4 is 41.2 Å². The van der Waals surface area contributed by atoms with E-state index in [0.29, 0.717) is 17.8 Å². The normalized spacial score (nSPS) is 19.4. The maximum absolute atomic E-state index is 6.10. The van der Waals surface area contributed by atoms with Gasteiger partial charge in [-0.3, -0.25) is 0 Å². The Kier molecular flexibility index (Phi) is 10.8. The van der Waals surface area contributed by atoms with Gasteiger partial charge in [-0.05, 0) is 0 Å². The topological polar surface area (TPSA) is 12.4 Å². The molecule has 46 heavy (non-hydrogen) atoms. The van der Waals surface area contributed by atoms with Crippen LogP contribution in [0.2, 0.25) is 4.25 Å². The molecule has 0 aromatic heterocycles. The van der Waals surface area contributed by atoms with Crippen molar-refractivity contribution < 1.29 is 0 Å². The molecule has 0 aliphatic carbocycles. The second-order valence-corrected chi connectivity index (χ2v) is 31.0. The summed E-state index contributed by atoms with van der Waals surface area (Å²) < 4.78 is 9.53. The van der Waals surface area contributed by atoms with Gasteiger partial charge in [0.2, 0.25) is 0 Å². The van der Waals surface area contributed by atoms with Crippen LogP contribution in [0.15, 0.2) is 28.2 Å². The fourth-order valence-electron chi connectivity index (χ4n) is 6.94. The maximum atomic E-state index is 6.10. The van der Waals surface area contributed by atoms with Crippen LogP contribution < -0.4 is 9.70 Å². The summed E-state index contributed by atoms with van der Waals surface area (Å²) in [4.78, 5) is 0. The van der Waals surface area contributed by atoms with Crippen LogP contribution in [-0.2, 0) is 16.2 Å². The third-order valence-corrected chi connectivity index (χ3v) is 23.9. The molecule has 0 N–H and O–H groups in total. The zero-order chi connectivity index (χ0) is 35.7. The molecule has 1 nitrogen and oxygen atoms in total. The van der Waals surface area contributed by atoms with Crippen LogP contribution in [0.5, 0.6) is 0 Å². The Hall–Kier alpha value is -1.18. The molecule has 0 fully saturated rings. The van der Waals surface area contributed by atoms with Crippen LogP contribution >= 0.6 is 8.20 Å². The Morgan fingerprint density at radius 1 is 0.543 bits per heavy atom. The molecule has 1 atom stereocenters. The Labute approximate surface area is 290 Å². The van der Waals surface area contributed by atoms with E-state index in [9.17, 15) is 0 Å². The predicted molar refractivity (Wildman–Crippen MR) is 215 cm³/mol. The Morgan fingerprint density at radius 3 is 1.24 bits per heavy atom. The van der Waals surface area contributed by atoms with E-state index in [1.54, 1.807) is 19.6 Å². The summed E-state index contributed by atoms with van der Waals surface area (Å²) in [6, 6.07) is 10.3. The fraction of sp³-hybridized carbons (Fsp3) is 0.674. The van der Waals surface area contributed by atoms with Crippen LogP contribution in [0.4, 0.5) is 0 Å². The SMILES string of the molecule is CC(C)c1cc(C(C)C)[c]([Ge]2([C](C)(C)C)[N]=C(C(C)(C)C)[C]2=Pc2c(C(C)(C)C)cc(C(C)(C)C)cc2C(C)(C)C)c(C(C)C)c1. The van der Waals surface area contributed by atoms with E-state index in [2.05, 4.69) is 170 Å². The van der Waals surface area contributed by atoms with E-state index >= 15 is 0 Å². The van der Waals surface area contributed by atoms with E-state index < -0.39 is 13.5 Å². The first-order valence-electron chi connectivity index (χ1n) is 18.0. The van der Waals surface area contributed by atoms with E-state index in [1.165, 1.54) is 41.5 Å². The summed E-state index contributed by atoms with van der Waals surface area (Å²) in [5.74, 6) is 1.40. The van der Waals surface area contributed by atoms with Gasteiger partial charge < -0.3 is 0 Å². The summed E-state index contributed by atoms with van der Waals surface area (Å²) in [7, 11) is 1.39. The molecule has 256 valence electrons. The van der Waals surface area contributed by atoms with Crippen molar-refractivity contribution in [2.75, 3.05) is 0 Å². The molecule has 3 rings (SSSR count). The number of benzene rings is 2. The van der Waals surface area contributed by atoms with Gasteiger partial charge in [-0.1, -0.05) is 0 Å². The average molecular weight is 705 g/mol. The van der Waals surface area contributed by atoms with Crippen molar-refractivity contribution in [2.45, 2.75) is 184 Å². The molecule has 0 amide bonds. The average Bonchev–Trinajstić information content (AvgIpc) is 2.82. The number of rotatable bonds is 5. The number of hydrogen-bond acceptors (Lipinski definition) is 1. The molecule has 0 saturated heterocycles. The van der Waals surface area contributed by atoms with Gasteiger partial charge in [0.1, 0.15) is 0 Å². The Balaban J connectivity index is 2.72. The molecule has 0 spiro atoms. The van der Waals surface area contributed by atoms with Gasteiger partial charge in [0.25, 0.3) is 0 Å². The number of hydrogen-bond donors (Lipinski definition) is 0. The zero-order valence-electron chi connectivity index (χ0n) is 33.9. The van der Waals surface area contributed by atoms with Crippen molar-refractivity contribution in [1.82, 2.24) is 0 Å². The first-order chi connectivity index (χ1) is 20.5. The summed E-state index contributed by atoms with van der Waals surface area (Å²) in [6.45, 7) is 50.7. The molecule has 1 unspecified atom stereocenters. The first kappa shape index (κ1) is 39.3. The van der Waals surface area contributed by atoms with Crippen LogP contribution in [-0.4, -0.2) is 23.3 Å². The molecule has 2 aromatic rings. The van der Waals surface area contributed by atoms with E-state index in [1.807, 2.05) is 0 Å². The minimum absolute atomic E-state index is 0.00859. The zero-order valence-corrected chi connectivity index (χ0v) is 36.9. The number of nitrogens with zero attached hydrogens (tertiary/aromatic N) is 1. The fourth-order valence-corrected chi connectivity index (χ4v) is 24.3. The van der Waals surface area contributed by atoms with Crippen LogP contribution in [0.1, 0.15) is 197 Å². The van der Waals surface area contributed by atoms with Gasteiger partial charge in [0, 0.05) is 0 Å². The molecule has 1 aliphatic rings. The van der Waals surface area contributed by atoms with E-state index in [4.69, 9.17) is 3.95 Å². The molecule has 0 bridgehead atoms. The van der Waals surface area contributed by atoms with Crippen LogP contribution in [0, 0.1) is 5.41 Å². The predicted octanol–water partition coefficient (Wildman–Crippen LogP) is 12.4. The second kappa shape index (κ2) is 12.6. The molecule has 2 aromatic carbocycles. The summed E-state index contributed by atoms with van der Waals surface area (Å²) >= 11 is -3.36. The van der Waals surface area contributed by atoms with Crippen molar-refractivity contribution in [3.63, 3.8) is 0 Å². The first-order valence-corrected chi connectivity index (χ1v) is 23.0. The van der Waals surface area contributed by atoms with Crippen molar-refractivity contribution in [1.29, 1.82) is 0 Å². The molecule has 3 heteroatoms. The van der Waals surface area contributed by atoms with E-state index in [-0.39, 0.29) is 25.9 Å². The van der Waals surface area contributed by atoms with Crippen molar-refractivity contribution in [3.05, 3.63) is 57.6 Å². The van der Waals surface area contributed by atoms with Crippen molar-refractivity contribution in [2.24, 2.45) is 9.36 Å². The molecular formula is C43H70GeNP. The quantitative estimate of drug-likeness (QED) is 0.217. The Bertz CT molecular complexity index is 1450. The third-order valence-electron chi connectivity index (χ3n) is 9.95. The van der Waals surface area contributed by atoms with Crippen LogP contribution in [0.25, 0.3) is 0 Å². The van der Waals surface area contributed by atoms with E-state index in [0.717, 1.165) is 0 Å². The third kappa shape index (κ3) is 7.37. The molecule has 1 aliphatic heterocycles. The van der Waals surface area contributed by atoms with Crippen molar-refractivity contribution in [3.8, 4) is 0 Å². The summed E-state index contributed by atoms with van der Waals surface area (Å²) in [6.07, 6.45) is 0. The summed E-state index contributed by atoms with van der Waals surface area (Å²) in [5, 5.41) is 1.54. The molecule has 1 heterocycles. The summed E-state index contributed by atoms with van der Waals surface area (Å²) in [5.41, 5.74) is 10.6. The standard InChI is InChI=1S/C43H70GeNP/c1-26(2)29-22-31(27(3)4)35(32(23-29)28(5)6)44(43(19,20)21)38(37(45-44)42(16,17)18)46-36-33(40(10,11)12)24-30(39(7,8)9)25-34(36)41(13,14)15/h22-28H,1-21H3. The van der Waals surface area contributed by atoms with Gasteiger partial charge in [0.15, 0.2) is 0 Å².